The van der Waals surface area contributed by atoms with Crippen LogP contribution in [0, 0.1) is 6.92 Å². The lowest BCUT2D eigenvalue weighted by Gasteiger charge is -2.08. The van der Waals surface area contributed by atoms with Crippen molar-refractivity contribution in [2.75, 3.05) is 0 Å². The first kappa shape index (κ1) is 11.2. The smallest absolute Gasteiger partial charge is 0.0451 e. The minimum Gasteiger partial charge on any atom is -0.326 e. The van der Waals surface area contributed by atoms with Gasteiger partial charge >= 0.3 is 0 Å². The van der Waals surface area contributed by atoms with Crippen LogP contribution in [0.15, 0.2) is 42.5 Å². The van der Waals surface area contributed by atoms with E-state index in [1.165, 1.54) is 16.7 Å². The monoisotopic (exact) mass is 231 g/mol. The van der Waals surface area contributed by atoms with Crippen molar-refractivity contribution >= 4 is 11.6 Å². The molecule has 0 spiro atoms. The molecule has 0 saturated carbocycles. The predicted octanol–water partition coefficient (Wildman–Crippen LogP) is 3.77. The molecule has 0 aliphatic carbocycles. The van der Waals surface area contributed by atoms with Crippen molar-refractivity contribution in [2.45, 2.75) is 13.5 Å². The van der Waals surface area contributed by atoms with E-state index in [1.54, 1.807) is 0 Å². The fourth-order valence-electron chi connectivity index (χ4n) is 1.80. The summed E-state index contributed by atoms with van der Waals surface area (Å²) < 4.78 is 0. The summed E-state index contributed by atoms with van der Waals surface area (Å²) in [6.07, 6.45) is 0. The number of aryl methyl sites for hydroxylation is 1. The molecule has 82 valence electrons. The second-order valence-electron chi connectivity index (χ2n) is 3.83. The Morgan fingerprint density at radius 2 is 1.88 bits per heavy atom. The molecule has 2 aromatic rings. The van der Waals surface area contributed by atoms with E-state index in [0.29, 0.717) is 6.54 Å². The Morgan fingerprint density at radius 1 is 1.12 bits per heavy atom. The van der Waals surface area contributed by atoms with Gasteiger partial charge < -0.3 is 5.73 Å². The fourth-order valence-corrected chi connectivity index (χ4v) is 1.99. The van der Waals surface area contributed by atoms with Gasteiger partial charge in [-0.05, 0) is 41.3 Å². The van der Waals surface area contributed by atoms with Crippen molar-refractivity contribution in [1.29, 1.82) is 0 Å². The molecule has 0 aliphatic rings. The summed E-state index contributed by atoms with van der Waals surface area (Å²) in [5, 5.41) is 0.736. The van der Waals surface area contributed by atoms with Gasteiger partial charge in [0.25, 0.3) is 0 Å². The lowest BCUT2D eigenvalue weighted by Crippen LogP contribution is -1.97. The summed E-state index contributed by atoms with van der Waals surface area (Å²) in [6.45, 7) is 2.57. The number of benzene rings is 2. The topological polar surface area (TPSA) is 26.0 Å². The number of hydrogen-bond acceptors (Lipinski definition) is 1. The van der Waals surface area contributed by atoms with E-state index in [2.05, 4.69) is 25.1 Å². The largest absolute Gasteiger partial charge is 0.326 e. The SMILES string of the molecule is Cc1ccccc1-c1ccc(Cl)c(CN)c1. The first-order chi connectivity index (χ1) is 7.72. The van der Waals surface area contributed by atoms with Crippen LogP contribution in [0.5, 0.6) is 0 Å². The predicted molar refractivity (Wildman–Crippen MR) is 69.5 cm³/mol. The van der Waals surface area contributed by atoms with Crippen LogP contribution in [0.25, 0.3) is 11.1 Å². The third kappa shape index (κ3) is 2.11. The van der Waals surface area contributed by atoms with Crippen LogP contribution in [0.1, 0.15) is 11.1 Å². The molecule has 0 bridgehead atoms. The first-order valence-electron chi connectivity index (χ1n) is 5.27. The van der Waals surface area contributed by atoms with E-state index in [0.717, 1.165) is 10.6 Å². The highest BCUT2D eigenvalue weighted by atomic mass is 35.5. The number of nitrogens with two attached hydrogens (primary N) is 1. The zero-order chi connectivity index (χ0) is 11.5. The molecule has 0 aliphatic heterocycles. The summed E-state index contributed by atoms with van der Waals surface area (Å²) in [5.41, 5.74) is 10.3. The van der Waals surface area contributed by atoms with Crippen LogP contribution in [0.3, 0.4) is 0 Å². The first-order valence-corrected chi connectivity index (χ1v) is 5.64. The second-order valence-corrected chi connectivity index (χ2v) is 4.23. The van der Waals surface area contributed by atoms with E-state index < -0.39 is 0 Å². The van der Waals surface area contributed by atoms with Crippen molar-refractivity contribution in [3.63, 3.8) is 0 Å². The van der Waals surface area contributed by atoms with Crippen molar-refractivity contribution in [3.8, 4) is 11.1 Å². The normalized spacial score (nSPS) is 10.4. The third-order valence-corrected chi connectivity index (χ3v) is 3.09. The number of halogens is 1. The van der Waals surface area contributed by atoms with Gasteiger partial charge in [-0.15, -0.1) is 0 Å². The third-order valence-electron chi connectivity index (χ3n) is 2.72. The Kier molecular flexibility index (Phi) is 3.28. The van der Waals surface area contributed by atoms with Crippen molar-refractivity contribution in [2.24, 2.45) is 5.73 Å². The average Bonchev–Trinajstić information content (AvgIpc) is 2.31. The molecule has 1 nitrogen and oxygen atoms in total. The fraction of sp³-hybridized carbons (Fsp3) is 0.143. The standard InChI is InChI=1S/C14H14ClN/c1-10-4-2-3-5-13(10)11-6-7-14(15)12(8-11)9-16/h2-8H,9,16H2,1H3. The molecular formula is C14H14ClN. The molecule has 2 N–H and O–H groups in total. The molecule has 0 radical (unpaired) electrons. The van der Waals surface area contributed by atoms with Crippen LogP contribution in [0.2, 0.25) is 5.02 Å². The zero-order valence-electron chi connectivity index (χ0n) is 9.20. The van der Waals surface area contributed by atoms with Crippen LogP contribution < -0.4 is 5.73 Å². The Morgan fingerprint density at radius 3 is 2.56 bits per heavy atom. The Bertz CT molecular complexity index is 506. The summed E-state index contributed by atoms with van der Waals surface area (Å²) >= 11 is 6.04. The van der Waals surface area contributed by atoms with Crippen molar-refractivity contribution in [1.82, 2.24) is 0 Å². The average molecular weight is 232 g/mol. The molecule has 2 aromatic carbocycles. The lowest BCUT2D eigenvalue weighted by atomic mass is 9.99. The second kappa shape index (κ2) is 4.69. The van der Waals surface area contributed by atoms with Crippen LogP contribution in [-0.2, 0) is 6.54 Å². The zero-order valence-corrected chi connectivity index (χ0v) is 9.96. The van der Waals surface area contributed by atoms with Gasteiger partial charge in [-0.25, -0.2) is 0 Å². The quantitative estimate of drug-likeness (QED) is 0.837. The van der Waals surface area contributed by atoms with Gasteiger partial charge in [0.15, 0.2) is 0 Å². The highest BCUT2D eigenvalue weighted by Crippen LogP contribution is 2.27. The van der Waals surface area contributed by atoms with E-state index >= 15 is 0 Å². The molecule has 2 heteroatoms. The molecular weight excluding hydrogens is 218 g/mol. The van der Waals surface area contributed by atoms with E-state index in [-0.39, 0.29) is 0 Å². The molecule has 0 fully saturated rings. The number of rotatable bonds is 2. The summed E-state index contributed by atoms with van der Waals surface area (Å²) in [5.74, 6) is 0. The molecule has 0 heterocycles. The minimum atomic E-state index is 0.471. The maximum absolute atomic E-state index is 6.04. The van der Waals surface area contributed by atoms with Crippen molar-refractivity contribution in [3.05, 3.63) is 58.6 Å². The lowest BCUT2D eigenvalue weighted by molar-refractivity contribution is 1.07. The molecule has 16 heavy (non-hydrogen) atoms. The highest BCUT2D eigenvalue weighted by Gasteiger charge is 2.04. The van der Waals surface area contributed by atoms with Crippen molar-refractivity contribution < 1.29 is 0 Å². The van der Waals surface area contributed by atoms with Crippen LogP contribution in [-0.4, -0.2) is 0 Å². The van der Waals surface area contributed by atoms with Gasteiger partial charge in [-0.3, -0.25) is 0 Å². The molecule has 0 unspecified atom stereocenters. The molecule has 0 atom stereocenters. The van der Waals surface area contributed by atoms with Gasteiger partial charge in [0.2, 0.25) is 0 Å². The van der Waals surface area contributed by atoms with Gasteiger partial charge in [-0.2, -0.15) is 0 Å². The van der Waals surface area contributed by atoms with Crippen LogP contribution in [0.4, 0.5) is 0 Å². The minimum absolute atomic E-state index is 0.471. The van der Waals surface area contributed by atoms with E-state index in [4.69, 9.17) is 17.3 Å². The van der Waals surface area contributed by atoms with Gasteiger partial charge in [0, 0.05) is 11.6 Å². The van der Waals surface area contributed by atoms with Crippen LogP contribution >= 0.6 is 11.6 Å². The van der Waals surface area contributed by atoms with Gasteiger partial charge in [0.05, 0.1) is 0 Å². The Balaban J connectivity index is 2.53. The Hall–Kier alpha value is -1.31. The molecule has 0 aromatic heterocycles. The Labute approximate surface area is 101 Å². The van der Waals surface area contributed by atoms with Gasteiger partial charge in [-0.1, -0.05) is 41.9 Å². The molecule has 2 rings (SSSR count). The highest BCUT2D eigenvalue weighted by molar-refractivity contribution is 6.31. The van der Waals surface area contributed by atoms with E-state index in [1.807, 2.05) is 24.3 Å². The maximum Gasteiger partial charge on any atom is 0.0451 e. The summed E-state index contributed by atoms with van der Waals surface area (Å²) in [6, 6.07) is 14.3. The van der Waals surface area contributed by atoms with E-state index in [9.17, 15) is 0 Å². The molecule has 0 saturated heterocycles. The number of hydrogen-bond donors (Lipinski definition) is 1. The molecule has 0 amide bonds. The van der Waals surface area contributed by atoms with Gasteiger partial charge in [0.1, 0.15) is 0 Å². The summed E-state index contributed by atoms with van der Waals surface area (Å²) in [7, 11) is 0. The summed E-state index contributed by atoms with van der Waals surface area (Å²) in [4.78, 5) is 0. The maximum atomic E-state index is 6.04.